The lowest BCUT2D eigenvalue weighted by atomic mass is 10.1. The predicted molar refractivity (Wildman–Crippen MR) is 52.0 cm³/mol. The number of rotatable bonds is 2. The van der Waals surface area contributed by atoms with Gasteiger partial charge in [0.05, 0.1) is 14.2 Å². The zero-order valence-corrected chi connectivity index (χ0v) is 8.29. The van der Waals surface area contributed by atoms with Gasteiger partial charge in [-0.1, -0.05) is 6.07 Å². The van der Waals surface area contributed by atoms with Crippen molar-refractivity contribution in [2.45, 2.75) is 12.8 Å². The van der Waals surface area contributed by atoms with Crippen molar-refractivity contribution in [1.29, 1.82) is 0 Å². The first-order valence-corrected chi connectivity index (χ1v) is 4.50. The fourth-order valence-corrected chi connectivity index (χ4v) is 1.86. The molecule has 2 rings (SSSR count). The minimum Gasteiger partial charge on any atom is -0.493 e. The lowest BCUT2D eigenvalue weighted by Gasteiger charge is -2.11. The number of methoxy groups -OCH3 is 2. The fourth-order valence-electron chi connectivity index (χ4n) is 1.86. The van der Waals surface area contributed by atoms with Gasteiger partial charge in [0.1, 0.15) is 5.78 Å². The molecular weight excluding hydrogens is 180 g/mol. The molecule has 0 radical (unpaired) electrons. The quantitative estimate of drug-likeness (QED) is 0.710. The molecule has 3 heteroatoms. The lowest BCUT2D eigenvalue weighted by Crippen LogP contribution is -1.96. The lowest BCUT2D eigenvalue weighted by molar-refractivity contribution is -0.117. The van der Waals surface area contributed by atoms with E-state index in [2.05, 4.69) is 0 Å². The van der Waals surface area contributed by atoms with E-state index in [9.17, 15) is 4.79 Å². The summed E-state index contributed by atoms with van der Waals surface area (Å²) < 4.78 is 10.4. The van der Waals surface area contributed by atoms with Crippen molar-refractivity contribution in [2.75, 3.05) is 14.2 Å². The van der Waals surface area contributed by atoms with E-state index in [4.69, 9.17) is 9.47 Å². The molecule has 0 bridgehead atoms. The number of Topliss-reactive ketones (excluding diaryl/α,β-unsaturated/α-hetero) is 1. The number of fused-ring (bicyclic) bond motifs is 1. The Kier molecular flexibility index (Phi) is 2.15. The van der Waals surface area contributed by atoms with Crippen LogP contribution in [0.15, 0.2) is 12.1 Å². The number of hydrogen-bond donors (Lipinski definition) is 0. The van der Waals surface area contributed by atoms with Gasteiger partial charge < -0.3 is 9.47 Å². The predicted octanol–water partition coefficient (Wildman–Crippen LogP) is 1.37. The zero-order valence-electron chi connectivity index (χ0n) is 8.29. The van der Waals surface area contributed by atoms with Crippen LogP contribution in [0.1, 0.15) is 11.1 Å². The highest BCUT2D eigenvalue weighted by molar-refractivity contribution is 5.89. The summed E-state index contributed by atoms with van der Waals surface area (Å²) >= 11 is 0. The fraction of sp³-hybridized carbons (Fsp3) is 0.364. The first-order valence-electron chi connectivity index (χ1n) is 4.50. The number of hydrogen-bond acceptors (Lipinski definition) is 3. The Morgan fingerprint density at radius 3 is 2.57 bits per heavy atom. The molecule has 0 aliphatic heterocycles. The summed E-state index contributed by atoms with van der Waals surface area (Å²) in [5.41, 5.74) is 2.05. The monoisotopic (exact) mass is 192 g/mol. The highest BCUT2D eigenvalue weighted by Crippen LogP contribution is 2.36. The summed E-state index contributed by atoms with van der Waals surface area (Å²) in [6, 6.07) is 3.78. The topological polar surface area (TPSA) is 35.5 Å². The van der Waals surface area contributed by atoms with Crippen molar-refractivity contribution in [1.82, 2.24) is 0 Å². The van der Waals surface area contributed by atoms with Crippen molar-refractivity contribution in [3.63, 3.8) is 0 Å². The van der Waals surface area contributed by atoms with Gasteiger partial charge in [-0.2, -0.15) is 0 Å². The maximum atomic E-state index is 11.3. The van der Waals surface area contributed by atoms with Crippen molar-refractivity contribution < 1.29 is 14.3 Å². The van der Waals surface area contributed by atoms with E-state index in [1.165, 1.54) is 0 Å². The summed E-state index contributed by atoms with van der Waals surface area (Å²) in [6.45, 7) is 0. The molecule has 0 spiro atoms. The zero-order chi connectivity index (χ0) is 10.1. The van der Waals surface area contributed by atoms with Crippen LogP contribution in [-0.4, -0.2) is 20.0 Å². The van der Waals surface area contributed by atoms with Crippen LogP contribution in [0, 0.1) is 0 Å². The molecule has 0 fully saturated rings. The molecule has 1 aromatic rings. The average molecular weight is 192 g/mol. The molecule has 0 saturated carbocycles. The molecular formula is C11H12O3. The van der Waals surface area contributed by atoms with E-state index in [-0.39, 0.29) is 5.78 Å². The van der Waals surface area contributed by atoms with Gasteiger partial charge >= 0.3 is 0 Å². The molecule has 1 aromatic carbocycles. The molecule has 0 amide bonds. The van der Waals surface area contributed by atoms with Crippen LogP contribution in [0.4, 0.5) is 0 Å². The average Bonchev–Trinajstić information content (AvgIpc) is 2.56. The van der Waals surface area contributed by atoms with Crippen LogP contribution < -0.4 is 9.47 Å². The second kappa shape index (κ2) is 3.33. The van der Waals surface area contributed by atoms with E-state index in [0.717, 1.165) is 11.1 Å². The molecule has 3 nitrogen and oxygen atoms in total. The minimum atomic E-state index is 0.242. The van der Waals surface area contributed by atoms with Crippen LogP contribution in [0.25, 0.3) is 0 Å². The van der Waals surface area contributed by atoms with Crippen LogP contribution >= 0.6 is 0 Å². The van der Waals surface area contributed by atoms with Crippen molar-refractivity contribution in [3.8, 4) is 11.5 Å². The second-order valence-corrected chi connectivity index (χ2v) is 3.33. The van der Waals surface area contributed by atoms with Gasteiger partial charge in [-0.3, -0.25) is 4.79 Å². The second-order valence-electron chi connectivity index (χ2n) is 3.33. The highest BCUT2D eigenvalue weighted by atomic mass is 16.5. The van der Waals surface area contributed by atoms with E-state index in [1.54, 1.807) is 14.2 Å². The van der Waals surface area contributed by atoms with Gasteiger partial charge in [-0.25, -0.2) is 0 Å². The van der Waals surface area contributed by atoms with Crippen LogP contribution in [-0.2, 0) is 17.6 Å². The molecule has 14 heavy (non-hydrogen) atoms. The Morgan fingerprint density at radius 1 is 1.14 bits per heavy atom. The number of benzene rings is 1. The highest BCUT2D eigenvalue weighted by Gasteiger charge is 2.24. The van der Waals surface area contributed by atoms with Crippen LogP contribution in [0.3, 0.4) is 0 Å². The minimum absolute atomic E-state index is 0.242. The molecule has 0 unspecified atom stereocenters. The third-order valence-corrected chi connectivity index (χ3v) is 2.51. The van der Waals surface area contributed by atoms with Gasteiger partial charge in [-0.15, -0.1) is 0 Å². The Balaban J connectivity index is 2.54. The van der Waals surface area contributed by atoms with Gasteiger partial charge in [0, 0.05) is 18.4 Å². The van der Waals surface area contributed by atoms with Crippen molar-refractivity contribution in [3.05, 3.63) is 23.3 Å². The number of carbonyl (C=O) groups excluding carboxylic acids is 1. The van der Waals surface area contributed by atoms with E-state index < -0.39 is 0 Å². The Hall–Kier alpha value is -1.51. The van der Waals surface area contributed by atoms with Crippen molar-refractivity contribution in [2.24, 2.45) is 0 Å². The van der Waals surface area contributed by atoms with Gasteiger partial charge in [0.25, 0.3) is 0 Å². The largest absolute Gasteiger partial charge is 0.493 e. The molecule has 1 aliphatic carbocycles. The number of ether oxygens (including phenoxy) is 2. The number of ketones is 1. The third-order valence-electron chi connectivity index (χ3n) is 2.51. The normalized spacial score (nSPS) is 14.0. The van der Waals surface area contributed by atoms with E-state index in [1.807, 2.05) is 12.1 Å². The van der Waals surface area contributed by atoms with Crippen LogP contribution in [0.5, 0.6) is 11.5 Å². The molecule has 0 aromatic heterocycles. The SMILES string of the molecule is COc1ccc2c(c1OC)CC(=O)C2. The smallest absolute Gasteiger partial charge is 0.164 e. The Bertz CT molecular complexity index is 382. The van der Waals surface area contributed by atoms with Crippen LogP contribution in [0.2, 0.25) is 0 Å². The molecule has 0 atom stereocenters. The summed E-state index contributed by atoms with van der Waals surface area (Å²) in [5.74, 6) is 1.64. The Morgan fingerprint density at radius 2 is 1.93 bits per heavy atom. The molecule has 1 aliphatic rings. The molecule has 0 heterocycles. The first-order chi connectivity index (χ1) is 6.76. The van der Waals surface area contributed by atoms with Gasteiger partial charge in [-0.05, 0) is 11.6 Å². The van der Waals surface area contributed by atoms with Crippen molar-refractivity contribution >= 4 is 5.78 Å². The summed E-state index contributed by atoms with van der Waals surface area (Å²) in [6.07, 6.45) is 0.991. The van der Waals surface area contributed by atoms with E-state index >= 15 is 0 Å². The van der Waals surface area contributed by atoms with Gasteiger partial charge in [0.2, 0.25) is 0 Å². The number of carbonyl (C=O) groups is 1. The third kappa shape index (κ3) is 1.25. The molecule has 0 saturated heterocycles. The maximum absolute atomic E-state index is 11.3. The first kappa shape index (κ1) is 9.06. The summed E-state index contributed by atoms with van der Waals surface area (Å²) in [4.78, 5) is 11.3. The molecule has 74 valence electrons. The van der Waals surface area contributed by atoms with Gasteiger partial charge in [0.15, 0.2) is 11.5 Å². The standard InChI is InChI=1S/C11H12O3/c1-13-10-4-3-7-5-8(12)6-9(7)11(10)14-2/h3-4H,5-6H2,1-2H3. The summed E-state index contributed by atoms with van der Waals surface area (Å²) in [7, 11) is 3.20. The maximum Gasteiger partial charge on any atom is 0.164 e. The summed E-state index contributed by atoms with van der Waals surface area (Å²) in [5, 5.41) is 0. The van der Waals surface area contributed by atoms with E-state index in [0.29, 0.717) is 24.3 Å². The molecule has 0 N–H and O–H groups in total. The Labute approximate surface area is 82.6 Å².